The highest BCUT2D eigenvalue weighted by molar-refractivity contribution is 4.51. The second-order valence-corrected chi connectivity index (χ2v) is 5.07. The number of nitrogens with two attached hydrogens (primary N) is 1. The summed E-state index contributed by atoms with van der Waals surface area (Å²) in [7, 11) is 0. The summed E-state index contributed by atoms with van der Waals surface area (Å²) in [5.41, 5.74) is 5.45. The van der Waals surface area contributed by atoms with E-state index in [2.05, 4.69) is 12.2 Å². The zero-order valence-electron chi connectivity index (χ0n) is 12.0. The van der Waals surface area contributed by atoms with Gasteiger partial charge in [-0.25, -0.2) is 0 Å². The van der Waals surface area contributed by atoms with Crippen molar-refractivity contribution >= 4 is 0 Å². The Kier molecular flexibility index (Phi) is 15.8. The summed E-state index contributed by atoms with van der Waals surface area (Å²) in [5, 5.41) is 3.51. The standard InChI is InChI=1S/C15H34N2/c1-2-3-4-5-6-7-8-11-14-17-15-12-9-10-13-16/h17H,2-16H2,1H3. The molecule has 0 spiro atoms. The van der Waals surface area contributed by atoms with E-state index in [0.29, 0.717) is 0 Å². The van der Waals surface area contributed by atoms with Gasteiger partial charge in [-0.2, -0.15) is 0 Å². The van der Waals surface area contributed by atoms with Crippen molar-refractivity contribution in [2.75, 3.05) is 19.6 Å². The van der Waals surface area contributed by atoms with Gasteiger partial charge < -0.3 is 11.1 Å². The van der Waals surface area contributed by atoms with Gasteiger partial charge in [0.25, 0.3) is 0 Å². The molecule has 0 saturated heterocycles. The lowest BCUT2D eigenvalue weighted by atomic mass is 10.1. The lowest BCUT2D eigenvalue weighted by Crippen LogP contribution is -2.16. The van der Waals surface area contributed by atoms with Gasteiger partial charge in [-0.3, -0.25) is 0 Å². The van der Waals surface area contributed by atoms with Crippen molar-refractivity contribution in [3.8, 4) is 0 Å². The molecule has 2 nitrogen and oxygen atoms in total. The molecule has 0 aliphatic heterocycles. The third kappa shape index (κ3) is 15.9. The molecule has 17 heavy (non-hydrogen) atoms. The highest BCUT2D eigenvalue weighted by Crippen LogP contribution is 2.07. The lowest BCUT2D eigenvalue weighted by Gasteiger charge is -2.04. The maximum absolute atomic E-state index is 5.45. The monoisotopic (exact) mass is 242 g/mol. The van der Waals surface area contributed by atoms with Gasteiger partial charge in [0, 0.05) is 0 Å². The van der Waals surface area contributed by atoms with E-state index in [1.54, 1.807) is 0 Å². The Morgan fingerprint density at radius 1 is 0.647 bits per heavy atom. The number of unbranched alkanes of at least 4 members (excludes halogenated alkanes) is 9. The van der Waals surface area contributed by atoms with Crippen LogP contribution in [-0.4, -0.2) is 19.6 Å². The van der Waals surface area contributed by atoms with Gasteiger partial charge in [0.1, 0.15) is 0 Å². The topological polar surface area (TPSA) is 38.0 Å². The molecule has 0 fully saturated rings. The zero-order chi connectivity index (χ0) is 12.6. The summed E-state index contributed by atoms with van der Waals surface area (Å²) in [6.07, 6.45) is 15.0. The van der Waals surface area contributed by atoms with E-state index in [9.17, 15) is 0 Å². The third-order valence-electron chi connectivity index (χ3n) is 3.26. The minimum Gasteiger partial charge on any atom is -0.330 e. The molecule has 0 bridgehead atoms. The van der Waals surface area contributed by atoms with Crippen LogP contribution in [0, 0.1) is 0 Å². The van der Waals surface area contributed by atoms with Gasteiger partial charge in [-0.1, -0.05) is 58.3 Å². The molecule has 0 heterocycles. The van der Waals surface area contributed by atoms with Crippen molar-refractivity contribution in [2.24, 2.45) is 5.73 Å². The molecule has 0 saturated carbocycles. The van der Waals surface area contributed by atoms with Crippen molar-refractivity contribution in [1.29, 1.82) is 0 Å². The second-order valence-electron chi connectivity index (χ2n) is 5.07. The van der Waals surface area contributed by atoms with E-state index >= 15 is 0 Å². The van der Waals surface area contributed by atoms with Crippen molar-refractivity contribution in [3.05, 3.63) is 0 Å². The molecule has 0 aromatic heterocycles. The van der Waals surface area contributed by atoms with Crippen LogP contribution in [0.1, 0.15) is 77.6 Å². The summed E-state index contributed by atoms with van der Waals surface area (Å²) >= 11 is 0. The molecule has 0 aromatic carbocycles. The van der Waals surface area contributed by atoms with Gasteiger partial charge in [0.2, 0.25) is 0 Å². The molecule has 0 amide bonds. The first-order valence-electron chi connectivity index (χ1n) is 7.82. The summed E-state index contributed by atoms with van der Waals surface area (Å²) in [6.45, 7) is 5.51. The fraction of sp³-hybridized carbons (Fsp3) is 1.00. The van der Waals surface area contributed by atoms with Crippen LogP contribution in [0.5, 0.6) is 0 Å². The minimum absolute atomic E-state index is 0.845. The Morgan fingerprint density at radius 3 is 1.65 bits per heavy atom. The summed E-state index contributed by atoms with van der Waals surface area (Å²) in [5.74, 6) is 0. The van der Waals surface area contributed by atoms with Gasteiger partial charge in [0.05, 0.1) is 0 Å². The van der Waals surface area contributed by atoms with E-state index in [4.69, 9.17) is 5.73 Å². The normalized spacial score (nSPS) is 10.9. The van der Waals surface area contributed by atoms with Gasteiger partial charge in [-0.15, -0.1) is 0 Å². The maximum atomic E-state index is 5.45. The first kappa shape index (κ1) is 16.9. The van der Waals surface area contributed by atoms with E-state index in [1.807, 2.05) is 0 Å². The Labute approximate surface area is 109 Å². The molecular formula is C15H34N2. The van der Waals surface area contributed by atoms with Crippen LogP contribution < -0.4 is 11.1 Å². The molecule has 104 valence electrons. The summed E-state index contributed by atoms with van der Waals surface area (Å²) < 4.78 is 0. The fourth-order valence-electron chi connectivity index (χ4n) is 2.08. The second kappa shape index (κ2) is 15.9. The maximum Gasteiger partial charge on any atom is -0.00489 e. The summed E-state index contributed by atoms with van der Waals surface area (Å²) in [4.78, 5) is 0. The van der Waals surface area contributed by atoms with Crippen LogP contribution in [0.25, 0.3) is 0 Å². The SMILES string of the molecule is CCCCCCCCCCNCCCCCN. The molecule has 0 unspecified atom stereocenters. The van der Waals surface area contributed by atoms with Gasteiger partial charge in [-0.05, 0) is 38.9 Å². The predicted molar refractivity (Wildman–Crippen MR) is 78.4 cm³/mol. The number of hydrogen-bond donors (Lipinski definition) is 2. The Hall–Kier alpha value is -0.0800. The van der Waals surface area contributed by atoms with Crippen molar-refractivity contribution in [1.82, 2.24) is 5.32 Å². The molecule has 0 aliphatic carbocycles. The van der Waals surface area contributed by atoms with Crippen molar-refractivity contribution < 1.29 is 0 Å². The van der Waals surface area contributed by atoms with E-state index < -0.39 is 0 Å². The average molecular weight is 242 g/mol. The van der Waals surface area contributed by atoms with Crippen LogP contribution in [0.3, 0.4) is 0 Å². The molecule has 3 N–H and O–H groups in total. The van der Waals surface area contributed by atoms with E-state index in [-0.39, 0.29) is 0 Å². The molecule has 0 aromatic rings. The first-order chi connectivity index (χ1) is 8.41. The molecule has 0 radical (unpaired) electrons. The Morgan fingerprint density at radius 2 is 1.12 bits per heavy atom. The molecule has 2 heteroatoms. The fourth-order valence-corrected chi connectivity index (χ4v) is 2.08. The van der Waals surface area contributed by atoms with E-state index in [0.717, 1.165) is 6.54 Å². The number of rotatable bonds is 14. The van der Waals surface area contributed by atoms with Crippen LogP contribution in [0.15, 0.2) is 0 Å². The Bertz CT molecular complexity index is 112. The highest BCUT2D eigenvalue weighted by Gasteiger charge is 1.92. The number of hydrogen-bond acceptors (Lipinski definition) is 2. The van der Waals surface area contributed by atoms with Gasteiger partial charge in [0.15, 0.2) is 0 Å². The third-order valence-corrected chi connectivity index (χ3v) is 3.26. The van der Waals surface area contributed by atoms with Crippen LogP contribution in [-0.2, 0) is 0 Å². The van der Waals surface area contributed by atoms with Crippen LogP contribution in [0.4, 0.5) is 0 Å². The molecule has 0 atom stereocenters. The van der Waals surface area contributed by atoms with Crippen molar-refractivity contribution in [3.63, 3.8) is 0 Å². The smallest absolute Gasteiger partial charge is 0.00489 e. The van der Waals surface area contributed by atoms with Crippen LogP contribution >= 0.6 is 0 Å². The quantitative estimate of drug-likeness (QED) is 0.454. The summed E-state index contributed by atoms with van der Waals surface area (Å²) in [6, 6.07) is 0. The van der Waals surface area contributed by atoms with E-state index in [1.165, 1.54) is 83.7 Å². The van der Waals surface area contributed by atoms with Gasteiger partial charge >= 0.3 is 0 Å². The molecular weight excluding hydrogens is 208 g/mol. The first-order valence-corrected chi connectivity index (χ1v) is 7.82. The number of nitrogens with one attached hydrogen (secondary N) is 1. The highest BCUT2D eigenvalue weighted by atomic mass is 14.8. The minimum atomic E-state index is 0.845. The average Bonchev–Trinajstić information content (AvgIpc) is 2.35. The molecule has 0 aliphatic rings. The molecule has 0 rings (SSSR count). The largest absolute Gasteiger partial charge is 0.330 e. The van der Waals surface area contributed by atoms with Crippen molar-refractivity contribution in [2.45, 2.75) is 77.6 Å². The predicted octanol–water partition coefficient (Wildman–Crippen LogP) is 3.85. The Balaban J connectivity index is 2.85. The van der Waals surface area contributed by atoms with Crippen LogP contribution in [0.2, 0.25) is 0 Å². The lowest BCUT2D eigenvalue weighted by molar-refractivity contribution is 0.544. The zero-order valence-corrected chi connectivity index (χ0v) is 12.0.